The van der Waals surface area contributed by atoms with Gasteiger partial charge in [0.2, 0.25) is 0 Å². The molecule has 2 saturated carbocycles. The Morgan fingerprint density at radius 3 is 2.43 bits per heavy atom. The summed E-state index contributed by atoms with van der Waals surface area (Å²) in [6, 6.07) is 15.1. The number of alkyl halides is 1. The predicted octanol–water partition coefficient (Wildman–Crippen LogP) is 7.18. The van der Waals surface area contributed by atoms with E-state index in [-0.39, 0.29) is 6.67 Å². The zero-order valence-corrected chi connectivity index (χ0v) is 21.9. The molecule has 2 aromatic rings. The van der Waals surface area contributed by atoms with E-state index in [4.69, 9.17) is 0 Å². The first-order valence-corrected chi connectivity index (χ1v) is 14.5. The summed E-state index contributed by atoms with van der Waals surface area (Å²) in [6.45, 7) is 2.83. The van der Waals surface area contributed by atoms with Crippen LogP contribution in [0, 0.1) is 23.7 Å². The van der Waals surface area contributed by atoms with Crippen LogP contribution in [0.4, 0.5) is 4.39 Å². The zero-order chi connectivity index (χ0) is 25.4. The average molecular weight is 502 g/mol. The molecule has 4 heteroatoms. The minimum Gasteiger partial charge on any atom is -0.478 e. The van der Waals surface area contributed by atoms with Gasteiger partial charge >= 0.3 is 5.97 Å². The highest BCUT2D eigenvalue weighted by Gasteiger charge is 2.37. The van der Waals surface area contributed by atoms with Crippen LogP contribution in [0.2, 0.25) is 0 Å². The molecule has 0 aromatic heterocycles. The average Bonchev–Trinajstić information content (AvgIpc) is 3.11. The van der Waals surface area contributed by atoms with Gasteiger partial charge in [-0.05, 0) is 115 Å². The first-order valence-electron chi connectivity index (χ1n) is 14.5. The number of carboxylic acids is 1. The van der Waals surface area contributed by atoms with Gasteiger partial charge in [0.1, 0.15) is 0 Å². The van der Waals surface area contributed by atoms with E-state index in [0.29, 0.717) is 23.8 Å². The maximum Gasteiger partial charge on any atom is 0.335 e. The number of likely N-dealkylation sites (tertiary alicyclic amines) is 1. The summed E-state index contributed by atoms with van der Waals surface area (Å²) >= 11 is 0. The van der Waals surface area contributed by atoms with Gasteiger partial charge in [-0.3, -0.25) is 4.39 Å². The van der Waals surface area contributed by atoms with E-state index in [1.807, 2.05) is 6.07 Å². The Labute approximate surface area is 220 Å². The molecule has 1 saturated heterocycles. The van der Waals surface area contributed by atoms with Gasteiger partial charge in [-0.25, -0.2) is 4.79 Å². The number of aryl methyl sites for hydroxylation is 1. The van der Waals surface area contributed by atoms with Crippen molar-refractivity contribution in [2.24, 2.45) is 23.7 Å². The standard InChI is InChI=1S/C33H40FNO2/c34-13-2-14-35-20-25(21-35)15-22-7-9-26(10-8-22)32-30(29-17-23-5-6-24(16-23)18-29)4-1-3-27-19-28(33(36)37)11-12-31(27)32/h7-12,19,23-25,29H,1-6,13-18,20-21H2,(H,36,37). The van der Waals surface area contributed by atoms with Gasteiger partial charge in [0.15, 0.2) is 0 Å². The van der Waals surface area contributed by atoms with Crippen molar-refractivity contribution >= 4 is 11.5 Å². The molecule has 3 fully saturated rings. The van der Waals surface area contributed by atoms with Gasteiger partial charge in [0.05, 0.1) is 12.2 Å². The number of hydrogen-bond acceptors (Lipinski definition) is 2. The second kappa shape index (κ2) is 10.7. The van der Waals surface area contributed by atoms with Crippen molar-refractivity contribution in [1.29, 1.82) is 0 Å². The zero-order valence-electron chi connectivity index (χ0n) is 21.9. The lowest BCUT2D eigenvalue weighted by Crippen LogP contribution is -2.47. The summed E-state index contributed by atoms with van der Waals surface area (Å²) in [5.74, 6) is 2.28. The molecule has 0 radical (unpaired) electrons. The molecule has 1 aliphatic heterocycles. The highest BCUT2D eigenvalue weighted by molar-refractivity contribution is 5.90. The molecule has 2 atom stereocenters. The first-order chi connectivity index (χ1) is 18.1. The fraction of sp³-hybridized carbons (Fsp3) is 0.545. The number of aromatic carboxylic acids is 1. The second-order valence-electron chi connectivity index (χ2n) is 12.2. The van der Waals surface area contributed by atoms with Crippen LogP contribution in [0.25, 0.3) is 5.57 Å². The number of carbonyl (C=O) groups is 1. The molecule has 2 unspecified atom stereocenters. The van der Waals surface area contributed by atoms with E-state index in [1.54, 1.807) is 11.6 Å². The van der Waals surface area contributed by atoms with Crippen LogP contribution < -0.4 is 0 Å². The van der Waals surface area contributed by atoms with Crippen molar-refractivity contribution in [3.63, 3.8) is 0 Å². The highest BCUT2D eigenvalue weighted by Crippen LogP contribution is 2.50. The molecule has 4 aliphatic rings. The molecule has 1 N–H and O–H groups in total. The third kappa shape index (κ3) is 5.27. The number of benzene rings is 2. The van der Waals surface area contributed by atoms with E-state index in [9.17, 15) is 14.3 Å². The summed E-state index contributed by atoms with van der Waals surface area (Å²) in [7, 11) is 0. The summed E-state index contributed by atoms with van der Waals surface area (Å²) < 4.78 is 12.5. The molecule has 3 aliphatic carbocycles. The van der Waals surface area contributed by atoms with Crippen molar-refractivity contribution in [3.8, 4) is 0 Å². The lowest BCUT2D eigenvalue weighted by molar-refractivity contribution is 0.0696. The molecule has 1 heterocycles. The SMILES string of the molecule is O=C(O)c1ccc2c(c1)CCCC(C1CC3CCC(C3)C1)=C2c1ccc(CC2CN(CCCF)C2)cc1. The van der Waals surface area contributed by atoms with Crippen molar-refractivity contribution < 1.29 is 14.3 Å². The van der Waals surface area contributed by atoms with Crippen LogP contribution >= 0.6 is 0 Å². The van der Waals surface area contributed by atoms with Gasteiger partial charge in [0, 0.05) is 19.6 Å². The van der Waals surface area contributed by atoms with E-state index in [0.717, 1.165) is 57.2 Å². The molecule has 3 nitrogen and oxygen atoms in total. The molecular formula is C33H40FNO2. The van der Waals surface area contributed by atoms with E-state index >= 15 is 0 Å². The minimum absolute atomic E-state index is 0.219. The molecule has 0 spiro atoms. The van der Waals surface area contributed by atoms with Gasteiger partial charge in [0.25, 0.3) is 0 Å². The fourth-order valence-electron chi connectivity index (χ4n) is 7.90. The molecular weight excluding hydrogens is 461 g/mol. The van der Waals surface area contributed by atoms with E-state index < -0.39 is 5.97 Å². The fourth-order valence-corrected chi connectivity index (χ4v) is 7.90. The van der Waals surface area contributed by atoms with Crippen LogP contribution in [0.3, 0.4) is 0 Å². The van der Waals surface area contributed by atoms with Crippen molar-refractivity contribution in [1.82, 2.24) is 4.90 Å². The molecule has 2 aromatic carbocycles. The number of allylic oxidation sites excluding steroid dienone is 1. The monoisotopic (exact) mass is 501 g/mol. The summed E-state index contributed by atoms with van der Waals surface area (Å²) in [5.41, 5.74) is 8.54. The third-order valence-electron chi connectivity index (χ3n) is 9.62. The van der Waals surface area contributed by atoms with Crippen LogP contribution in [-0.2, 0) is 12.8 Å². The number of rotatable bonds is 8. The lowest BCUT2D eigenvalue weighted by Gasteiger charge is -2.39. The second-order valence-corrected chi connectivity index (χ2v) is 12.2. The van der Waals surface area contributed by atoms with Crippen molar-refractivity contribution in [2.75, 3.05) is 26.3 Å². The topological polar surface area (TPSA) is 40.5 Å². The summed E-state index contributed by atoms with van der Waals surface area (Å²) in [4.78, 5) is 14.1. The lowest BCUT2D eigenvalue weighted by atomic mass is 9.73. The maximum atomic E-state index is 12.5. The quantitative estimate of drug-likeness (QED) is 0.416. The smallest absolute Gasteiger partial charge is 0.335 e. The molecule has 196 valence electrons. The number of halogens is 1. The summed E-state index contributed by atoms with van der Waals surface area (Å²) in [5, 5.41) is 9.62. The number of hydrogen-bond donors (Lipinski definition) is 1. The Bertz CT molecular complexity index is 1150. The van der Waals surface area contributed by atoms with Gasteiger partial charge < -0.3 is 10.0 Å². The Morgan fingerprint density at radius 1 is 0.973 bits per heavy atom. The van der Waals surface area contributed by atoms with Gasteiger partial charge in [-0.2, -0.15) is 0 Å². The first kappa shape index (κ1) is 24.9. The summed E-state index contributed by atoms with van der Waals surface area (Å²) in [6.07, 6.45) is 11.8. The van der Waals surface area contributed by atoms with Crippen LogP contribution in [0.15, 0.2) is 48.0 Å². The highest BCUT2D eigenvalue weighted by atomic mass is 19.1. The van der Waals surface area contributed by atoms with Crippen molar-refractivity contribution in [3.05, 3.63) is 75.9 Å². The van der Waals surface area contributed by atoms with Crippen LogP contribution in [-0.4, -0.2) is 42.3 Å². The Balaban J connectivity index is 1.30. The Hall–Kier alpha value is -2.46. The minimum atomic E-state index is -0.842. The molecule has 6 rings (SSSR count). The number of fused-ring (bicyclic) bond motifs is 3. The van der Waals surface area contributed by atoms with E-state index in [1.165, 1.54) is 59.9 Å². The molecule has 2 bridgehead atoms. The Kier molecular flexibility index (Phi) is 7.20. The van der Waals surface area contributed by atoms with Gasteiger partial charge in [-0.15, -0.1) is 0 Å². The number of nitrogens with zero attached hydrogens (tertiary/aromatic N) is 1. The largest absolute Gasteiger partial charge is 0.478 e. The van der Waals surface area contributed by atoms with Crippen LogP contribution in [0.5, 0.6) is 0 Å². The normalized spacial score (nSPS) is 26.0. The van der Waals surface area contributed by atoms with Crippen LogP contribution in [0.1, 0.15) is 84.0 Å². The molecule has 37 heavy (non-hydrogen) atoms. The van der Waals surface area contributed by atoms with Crippen molar-refractivity contribution in [2.45, 2.75) is 64.2 Å². The predicted molar refractivity (Wildman–Crippen MR) is 147 cm³/mol. The van der Waals surface area contributed by atoms with Gasteiger partial charge in [-0.1, -0.05) is 48.7 Å². The molecule has 0 amide bonds. The van der Waals surface area contributed by atoms with E-state index in [2.05, 4.69) is 35.2 Å². The third-order valence-corrected chi connectivity index (χ3v) is 9.62. The number of carboxylic acid groups (broad SMARTS) is 1. The Morgan fingerprint density at radius 2 is 1.73 bits per heavy atom. The maximum absolute atomic E-state index is 12.5.